The van der Waals surface area contributed by atoms with Crippen LogP contribution in [0.4, 0.5) is 0 Å². The van der Waals surface area contributed by atoms with Gasteiger partial charge in [-0.25, -0.2) is 0 Å². The topological polar surface area (TPSA) is 0 Å². The van der Waals surface area contributed by atoms with Gasteiger partial charge >= 0.3 is 0 Å². The molecule has 1 aliphatic rings. The lowest BCUT2D eigenvalue weighted by atomic mass is 9.99. The second-order valence-electron chi connectivity index (χ2n) is 3.51. The SMILES string of the molecule is CC/C=C(\C)C1C=C(C)CC1. The third-order valence-corrected chi connectivity index (χ3v) is 2.45. The molecule has 1 unspecified atom stereocenters. The molecule has 0 heteroatoms. The number of hydrogen-bond donors (Lipinski definition) is 0. The second-order valence-corrected chi connectivity index (χ2v) is 3.51. The third-order valence-electron chi connectivity index (χ3n) is 2.45. The molecule has 0 N–H and O–H groups in total. The van der Waals surface area contributed by atoms with Crippen LogP contribution in [0.25, 0.3) is 0 Å². The van der Waals surface area contributed by atoms with Gasteiger partial charge in [0.2, 0.25) is 0 Å². The van der Waals surface area contributed by atoms with Crippen LogP contribution in [-0.4, -0.2) is 0 Å². The molecule has 11 heavy (non-hydrogen) atoms. The van der Waals surface area contributed by atoms with Gasteiger partial charge in [0.25, 0.3) is 0 Å². The lowest BCUT2D eigenvalue weighted by Gasteiger charge is -2.06. The Morgan fingerprint density at radius 2 is 2.45 bits per heavy atom. The summed E-state index contributed by atoms with van der Waals surface area (Å²) < 4.78 is 0. The van der Waals surface area contributed by atoms with E-state index in [1.165, 1.54) is 19.3 Å². The molecule has 0 aromatic rings. The molecule has 0 fully saturated rings. The van der Waals surface area contributed by atoms with Gasteiger partial charge in [0.1, 0.15) is 0 Å². The molecule has 1 atom stereocenters. The van der Waals surface area contributed by atoms with E-state index in [4.69, 9.17) is 0 Å². The predicted molar refractivity (Wildman–Crippen MR) is 50.5 cm³/mol. The second kappa shape index (κ2) is 3.75. The summed E-state index contributed by atoms with van der Waals surface area (Å²) in [6.07, 6.45) is 8.59. The molecule has 0 nitrogen and oxygen atoms in total. The first-order valence-corrected chi connectivity index (χ1v) is 4.58. The summed E-state index contributed by atoms with van der Waals surface area (Å²) in [5, 5.41) is 0. The van der Waals surface area contributed by atoms with Crippen LogP contribution in [0.2, 0.25) is 0 Å². The highest BCUT2D eigenvalue weighted by Crippen LogP contribution is 2.29. The Bertz CT molecular complexity index is 184. The van der Waals surface area contributed by atoms with Crippen molar-refractivity contribution in [3.63, 3.8) is 0 Å². The van der Waals surface area contributed by atoms with E-state index >= 15 is 0 Å². The summed E-state index contributed by atoms with van der Waals surface area (Å²) >= 11 is 0. The number of hydrogen-bond acceptors (Lipinski definition) is 0. The van der Waals surface area contributed by atoms with Crippen molar-refractivity contribution >= 4 is 0 Å². The Balaban J connectivity index is 2.56. The molecule has 0 radical (unpaired) electrons. The molecule has 0 bridgehead atoms. The maximum absolute atomic E-state index is 2.42. The van der Waals surface area contributed by atoms with E-state index in [-0.39, 0.29) is 0 Å². The fourth-order valence-electron chi connectivity index (χ4n) is 1.73. The minimum atomic E-state index is 0.759. The largest absolute Gasteiger partial charge is 0.0853 e. The van der Waals surface area contributed by atoms with Gasteiger partial charge in [-0.2, -0.15) is 0 Å². The average Bonchev–Trinajstić information content (AvgIpc) is 2.36. The standard InChI is InChI=1S/C11H18/c1-4-5-10(3)11-7-6-9(2)8-11/h5,8,11H,4,6-7H2,1-3H3/b10-5+. The molecule has 0 saturated heterocycles. The Labute approximate surface area is 70.0 Å². The van der Waals surface area contributed by atoms with Crippen molar-refractivity contribution in [3.8, 4) is 0 Å². The Hall–Kier alpha value is -0.520. The summed E-state index contributed by atoms with van der Waals surface area (Å²) in [5.41, 5.74) is 3.13. The zero-order valence-corrected chi connectivity index (χ0v) is 7.85. The van der Waals surface area contributed by atoms with Gasteiger partial charge in [-0.05, 0) is 39.0 Å². The van der Waals surface area contributed by atoms with E-state index in [0.717, 1.165) is 5.92 Å². The van der Waals surface area contributed by atoms with Crippen LogP contribution in [0, 0.1) is 5.92 Å². The first kappa shape index (κ1) is 8.58. The molecule has 0 aromatic heterocycles. The van der Waals surface area contributed by atoms with Gasteiger partial charge < -0.3 is 0 Å². The predicted octanol–water partition coefficient (Wildman–Crippen LogP) is 3.70. The van der Waals surface area contributed by atoms with E-state index in [1.807, 2.05) is 0 Å². The molecular formula is C11H18. The van der Waals surface area contributed by atoms with Crippen molar-refractivity contribution in [3.05, 3.63) is 23.3 Å². The van der Waals surface area contributed by atoms with E-state index in [2.05, 4.69) is 32.9 Å². The monoisotopic (exact) mass is 150 g/mol. The first-order chi connectivity index (χ1) is 5.24. The van der Waals surface area contributed by atoms with Crippen LogP contribution in [0.15, 0.2) is 23.3 Å². The van der Waals surface area contributed by atoms with Crippen molar-refractivity contribution in [2.24, 2.45) is 5.92 Å². The maximum atomic E-state index is 2.42. The molecule has 0 aliphatic heterocycles. The normalized spacial score (nSPS) is 25.5. The van der Waals surface area contributed by atoms with Crippen molar-refractivity contribution in [1.82, 2.24) is 0 Å². The van der Waals surface area contributed by atoms with Crippen molar-refractivity contribution < 1.29 is 0 Å². The van der Waals surface area contributed by atoms with Gasteiger partial charge in [-0.3, -0.25) is 0 Å². The molecule has 0 saturated carbocycles. The minimum Gasteiger partial charge on any atom is -0.0853 e. The van der Waals surface area contributed by atoms with Crippen molar-refractivity contribution in [1.29, 1.82) is 0 Å². The zero-order valence-electron chi connectivity index (χ0n) is 7.85. The molecule has 0 spiro atoms. The van der Waals surface area contributed by atoms with Gasteiger partial charge in [0.05, 0.1) is 0 Å². The first-order valence-electron chi connectivity index (χ1n) is 4.58. The smallest absolute Gasteiger partial charge is 0.00204 e. The number of rotatable bonds is 2. The Morgan fingerprint density at radius 3 is 2.91 bits per heavy atom. The molecule has 62 valence electrons. The molecule has 0 heterocycles. The lowest BCUT2D eigenvalue weighted by molar-refractivity contribution is 0.720. The number of allylic oxidation sites excluding steroid dienone is 4. The van der Waals surface area contributed by atoms with Gasteiger partial charge in [0, 0.05) is 0 Å². The molecule has 1 aliphatic carbocycles. The molecule has 0 amide bonds. The fraction of sp³-hybridized carbons (Fsp3) is 0.636. The van der Waals surface area contributed by atoms with Crippen LogP contribution < -0.4 is 0 Å². The summed E-state index contributed by atoms with van der Waals surface area (Å²) in [5.74, 6) is 0.759. The quantitative estimate of drug-likeness (QED) is 0.526. The zero-order chi connectivity index (χ0) is 8.27. The van der Waals surface area contributed by atoms with E-state index in [0.29, 0.717) is 0 Å². The molecular weight excluding hydrogens is 132 g/mol. The molecule has 0 aromatic carbocycles. The highest BCUT2D eigenvalue weighted by Gasteiger charge is 2.13. The van der Waals surface area contributed by atoms with Crippen LogP contribution in [0.3, 0.4) is 0 Å². The minimum absolute atomic E-state index is 0.759. The van der Waals surface area contributed by atoms with Crippen LogP contribution in [-0.2, 0) is 0 Å². The van der Waals surface area contributed by atoms with Crippen LogP contribution >= 0.6 is 0 Å². The maximum Gasteiger partial charge on any atom is -0.00204 e. The van der Waals surface area contributed by atoms with E-state index < -0.39 is 0 Å². The Kier molecular flexibility index (Phi) is 2.92. The summed E-state index contributed by atoms with van der Waals surface area (Å²) in [4.78, 5) is 0. The Morgan fingerprint density at radius 1 is 1.73 bits per heavy atom. The van der Waals surface area contributed by atoms with E-state index in [9.17, 15) is 0 Å². The summed E-state index contributed by atoms with van der Waals surface area (Å²) in [7, 11) is 0. The van der Waals surface area contributed by atoms with Gasteiger partial charge in [-0.1, -0.05) is 30.2 Å². The summed E-state index contributed by atoms with van der Waals surface area (Å²) in [6.45, 7) is 6.69. The fourth-order valence-corrected chi connectivity index (χ4v) is 1.73. The molecule has 1 rings (SSSR count). The average molecular weight is 150 g/mol. The summed E-state index contributed by atoms with van der Waals surface area (Å²) in [6, 6.07) is 0. The van der Waals surface area contributed by atoms with Crippen LogP contribution in [0.5, 0.6) is 0 Å². The highest BCUT2D eigenvalue weighted by atomic mass is 14.2. The van der Waals surface area contributed by atoms with Gasteiger partial charge in [-0.15, -0.1) is 0 Å². The van der Waals surface area contributed by atoms with Gasteiger partial charge in [0.15, 0.2) is 0 Å². The van der Waals surface area contributed by atoms with E-state index in [1.54, 1.807) is 11.1 Å². The highest BCUT2D eigenvalue weighted by molar-refractivity contribution is 5.19. The lowest BCUT2D eigenvalue weighted by Crippen LogP contribution is -1.92. The van der Waals surface area contributed by atoms with Crippen molar-refractivity contribution in [2.45, 2.75) is 40.0 Å². The van der Waals surface area contributed by atoms with Crippen molar-refractivity contribution in [2.75, 3.05) is 0 Å². The van der Waals surface area contributed by atoms with Crippen LogP contribution in [0.1, 0.15) is 40.0 Å². The third kappa shape index (κ3) is 2.21.